The summed E-state index contributed by atoms with van der Waals surface area (Å²) in [5.74, 6) is -0.593. The number of anilines is 1. The molecule has 0 aliphatic carbocycles. The molecule has 1 amide bonds. The number of hydrogen-bond acceptors (Lipinski definition) is 3. The van der Waals surface area contributed by atoms with Crippen LogP contribution in [-0.2, 0) is 0 Å². The van der Waals surface area contributed by atoms with Crippen molar-refractivity contribution in [1.82, 2.24) is 10.4 Å². The minimum absolute atomic E-state index is 0.0297. The first-order valence-corrected chi connectivity index (χ1v) is 7.30. The molecule has 0 saturated carbocycles. The third kappa shape index (κ3) is 4.05. The van der Waals surface area contributed by atoms with Crippen LogP contribution in [0.5, 0.6) is 0 Å². The first-order valence-electron chi connectivity index (χ1n) is 5.41. The Morgan fingerprint density at radius 1 is 0.952 bits per heavy atom. The number of amides is 1. The van der Waals surface area contributed by atoms with E-state index in [1.807, 2.05) is 0 Å². The van der Waals surface area contributed by atoms with Crippen molar-refractivity contribution in [2.24, 2.45) is 0 Å². The molecule has 0 saturated heterocycles. The maximum atomic E-state index is 12.0. The molecule has 0 aliphatic heterocycles. The summed E-state index contributed by atoms with van der Waals surface area (Å²) in [5.41, 5.74) is 5.24. The number of rotatable bonds is 3. The van der Waals surface area contributed by atoms with Crippen LogP contribution in [0, 0.1) is 0 Å². The predicted molar refractivity (Wildman–Crippen MR) is 86.8 cm³/mol. The van der Waals surface area contributed by atoms with E-state index in [4.69, 9.17) is 58.0 Å². The number of nitrogens with zero attached hydrogens (tertiary/aromatic N) is 1. The Bertz CT molecular complexity index is 684. The summed E-state index contributed by atoms with van der Waals surface area (Å²) in [4.78, 5) is 15.8. The van der Waals surface area contributed by atoms with Crippen molar-refractivity contribution < 1.29 is 4.79 Å². The van der Waals surface area contributed by atoms with Crippen molar-refractivity contribution in [2.45, 2.75) is 0 Å². The van der Waals surface area contributed by atoms with Gasteiger partial charge in [0.15, 0.2) is 0 Å². The fraction of sp³-hybridized carbons (Fsp3) is 0. The van der Waals surface area contributed by atoms with Gasteiger partial charge in [-0.1, -0.05) is 58.0 Å². The van der Waals surface area contributed by atoms with Crippen molar-refractivity contribution in [3.05, 3.63) is 55.2 Å². The van der Waals surface area contributed by atoms with Crippen LogP contribution in [0.25, 0.3) is 0 Å². The van der Waals surface area contributed by atoms with Crippen molar-refractivity contribution in [1.29, 1.82) is 0 Å². The van der Waals surface area contributed by atoms with Crippen LogP contribution in [-0.4, -0.2) is 10.9 Å². The van der Waals surface area contributed by atoms with Crippen LogP contribution in [0.2, 0.25) is 25.2 Å². The largest absolute Gasteiger partial charge is 0.295 e. The standard InChI is InChI=1S/C12H6Cl5N3O/c13-5-3-7(15)10(8(16)4-5)19-20-12(21)11-6(14)1-2-9(17)18-11/h1-4,19H,(H,20,21). The molecule has 1 heterocycles. The molecule has 4 nitrogen and oxygen atoms in total. The lowest BCUT2D eigenvalue weighted by Gasteiger charge is -2.12. The zero-order chi connectivity index (χ0) is 15.6. The second-order valence-corrected chi connectivity index (χ2v) is 5.83. The number of benzene rings is 1. The van der Waals surface area contributed by atoms with Gasteiger partial charge in [-0.3, -0.25) is 15.6 Å². The average molecular weight is 385 g/mol. The van der Waals surface area contributed by atoms with Gasteiger partial charge in [0.25, 0.3) is 5.91 Å². The first kappa shape index (κ1) is 16.5. The van der Waals surface area contributed by atoms with Crippen molar-refractivity contribution in [2.75, 3.05) is 5.43 Å². The van der Waals surface area contributed by atoms with E-state index in [1.165, 1.54) is 24.3 Å². The average Bonchev–Trinajstić information content (AvgIpc) is 2.40. The van der Waals surface area contributed by atoms with Gasteiger partial charge in [-0.05, 0) is 24.3 Å². The van der Waals surface area contributed by atoms with E-state index in [0.29, 0.717) is 10.7 Å². The molecule has 2 aromatic rings. The van der Waals surface area contributed by atoms with Crippen molar-refractivity contribution in [3.63, 3.8) is 0 Å². The predicted octanol–water partition coefficient (Wildman–Crippen LogP) is 5.11. The summed E-state index contributed by atoms with van der Waals surface area (Å²) < 4.78 is 0. The minimum atomic E-state index is -0.593. The van der Waals surface area contributed by atoms with Crippen LogP contribution in [0.1, 0.15) is 10.5 Å². The number of hydrazine groups is 1. The number of nitrogens with one attached hydrogen (secondary N) is 2. The molecule has 0 radical (unpaired) electrons. The van der Waals surface area contributed by atoms with E-state index in [-0.39, 0.29) is 25.9 Å². The van der Waals surface area contributed by atoms with Crippen molar-refractivity contribution >= 4 is 69.6 Å². The quantitative estimate of drug-likeness (QED) is 0.571. The van der Waals surface area contributed by atoms with Crippen molar-refractivity contribution in [3.8, 4) is 0 Å². The van der Waals surface area contributed by atoms with Crippen LogP contribution < -0.4 is 10.9 Å². The fourth-order valence-corrected chi connectivity index (χ4v) is 2.67. The number of hydrogen-bond donors (Lipinski definition) is 2. The molecule has 0 fully saturated rings. The summed E-state index contributed by atoms with van der Waals surface area (Å²) in [6, 6.07) is 5.90. The highest BCUT2D eigenvalue weighted by Crippen LogP contribution is 2.33. The second-order valence-electron chi connectivity index (χ2n) is 3.79. The number of aromatic nitrogens is 1. The lowest BCUT2D eigenvalue weighted by atomic mass is 10.3. The first-order chi connectivity index (χ1) is 9.88. The van der Waals surface area contributed by atoms with Gasteiger partial charge in [-0.2, -0.15) is 0 Å². The number of carbonyl (C=O) groups excluding carboxylic acids is 1. The second kappa shape index (κ2) is 6.90. The molecule has 0 aliphatic rings. The lowest BCUT2D eigenvalue weighted by Crippen LogP contribution is -2.30. The molecule has 0 bridgehead atoms. The summed E-state index contributed by atoms with van der Waals surface area (Å²) >= 11 is 29.3. The summed E-state index contributed by atoms with van der Waals surface area (Å²) in [6.45, 7) is 0. The van der Waals surface area contributed by atoms with Crippen LogP contribution >= 0.6 is 58.0 Å². The van der Waals surface area contributed by atoms with Crippen LogP contribution in [0.4, 0.5) is 5.69 Å². The summed E-state index contributed by atoms with van der Waals surface area (Å²) in [5, 5.41) is 1.18. The lowest BCUT2D eigenvalue weighted by molar-refractivity contribution is 0.0958. The maximum Gasteiger partial charge on any atom is 0.289 e. The van der Waals surface area contributed by atoms with Gasteiger partial charge in [-0.15, -0.1) is 0 Å². The SMILES string of the molecule is O=C(NNc1c(Cl)cc(Cl)cc1Cl)c1nc(Cl)ccc1Cl. The third-order valence-electron chi connectivity index (χ3n) is 2.34. The third-order valence-corrected chi connectivity index (χ3v) is 3.66. The molecule has 1 aromatic heterocycles. The van der Waals surface area contributed by atoms with E-state index < -0.39 is 5.91 Å². The molecular weight excluding hydrogens is 379 g/mol. The highest BCUT2D eigenvalue weighted by Gasteiger charge is 2.14. The maximum absolute atomic E-state index is 12.0. The van der Waals surface area contributed by atoms with Crippen LogP contribution in [0.3, 0.4) is 0 Å². The monoisotopic (exact) mass is 383 g/mol. The molecule has 0 atom stereocenters. The fourth-order valence-electron chi connectivity index (χ4n) is 1.42. The van der Waals surface area contributed by atoms with Gasteiger partial charge in [-0.25, -0.2) is 4.98 Å². The highest BCUT2D eigenvalue weighted by molar-refractivity contribution is 6.41. The van der Waals surface area contributed by atoms with E-state index in [0.717, 1.165) is 0 Å². The van der Waals surface area contributed by atoms with E-state index >= 15 is 0 Å². The normalized spacial score (nSPS) is 10.3. The molecule has 2 rings (SSSR count). The topological polar surface area (TPSA) is 54.0 Å². The van der Waals surface area contributed by atoms with Gasteiger partial charge < -0.3 is 0 Å². The van der Waals surface area contributed by atoms with Gasteiger partial charge in [0.1, 0.15) is 10.8 Å². The Kier molecular flexibility index (Phi) is 5.41. The Morgan fingerprint density at radius 3 is 2.19 bits per heavy atom. The van der Waals surface area contributed by atoms with Gasteiger partial charge >= 0.3 is 0 Å². The Labute approximate surface area is 145 Å². The Morgan fingerprint density at radius 2 is 1.57 bits per heavy atom. The molecule has 21 heavy (non-hydrogen) atoms. The van der Waals surface area contributed by atoms with E-state index in [2.05, 4.69) is 15.8 Å². The number of carbonyl (C=O) groups is 1. The smallest absolute Gasteiger partial charge is 0.289 e. The molecule has 1 aromatic carbocycles. The summed E-state index contributed by atoms with van der Waals surface area (Å²) in [7, 11) is 0. The van der Waals surface area contributed by atoms with Gasteiger partial charge in [0.2, 0.25) is 0 Å². The van der Waals surface area contributed by atoms with Crippen LogP contribution in [0.15, 0.2) is 24.3 Å². The molecular formula is C12H6Cl5N3O. The minimum Gasteiger partial charge on any atom is -0.295 e. The van der Waals surface area contributed by atoms with E-state index in [1.54, 1.807) is 0 Å². The van der Waals surface area contributed by atoms with Gasteiger partial charge in [0, 0.05) is 5.02 Å². The molecule has 2 N–H and O–H groups in total. The molecule has 110 valence electrons. The zero-order valence-corrected chi connectivity index (χ0v) is 13.8. The van der Waals surface area contributed by atoms with E-state index in [9.17, 15) is 4.79 Å². The highest BCUT2D eigenvalue weighted by atomic mass is 35.5. The zero-order valence-electron chi connectivity index (χ0n) is 10.1. The Balaban J connectivity index is 2.17. The Hall–Kier alpha value is -0.910. The molecule has 0 unspecified atom stereocenters. The number of halogens is 5. The van der Waals surface area contributed by atoms with Gasteiger partial charge in [0.05, 0.1) is 20.8 Å². The molecule has 9 heteroatoms. The summed E-state index contributed by atoms with van der Waals surface area (Å²) in [6.07, 6.45) is 0. The molecule has 0 spiro atoms. The number of pyridine rings is 1.